The Morgan fingerprint density at radius 3 is 3.15 bits per heavy atom. The van der Waals surface area contributed by atoms with Crippen LogP contribution in [0.25, 0.3) is 10.9 Å². The molecule has 3 rings (SSSR count). The van der Waals surface area contributed by atoms with Gasteiger partial charge >= 0.3 is 0 Å². The third kappa shape index (κ3) is 2.76. The average Bonchev–Trinajstić information content (AvgIpc) is 2.48. The Hall–Kier alpha value is -1.65. The van der Waals surface area contributed by atoms with Crippen molar-refractivity contribution in [3.8, 4) is 0 Å². The van der Waals surface area contributed by atoms with Crippen LogP contribution >= 0.6 is 11.6 Å². The van der Waals surface area contributed by atoms with Crippen molar-refractivity contribution in [3.63, 3.8) is 0 Å². The van der Waals surface area contributed by atoms with Gasteiger partial charge in [-0.05, 0) is 37.6 Å². The fourth-order valence-corrected chi connectivity index (χ4v) is 2.79. The van der Waals surface area contributed by atoms with E-state index in [0.717, 1.165) is 36.8 Å². The molecule has 1 saturated heterocycles. The third-order valence-corrected chi connectivity index (χ3v) is 3.81. The molecule has 1 aliphatic rings. The van der Waals surface area contributed by atoms with Gasteiger partial charge in [0.1, 0.15) is 0 Å². The molecule has 4 nitrogen and oxygen atoms in total. The number of hydrogen-bond donors (Lipinski definition) is 2. The summed E-state index contributed by atoms with van der Waals surface area (Å²) >= 11 is 6.10. The highest BCUT2D eigenvalue weighted by molar-refractivity contribution is 6.32. The lowest BCUT2D eigenvalue weighted by atomic mass is 9.98. The number of nitrogens with zero attached hydrogens (tertiary/aromatic N) is 1. The number of halogens is 1. The van der Waals surface area contributed by atoms with Crippen LogP contribution in [-0.2, 0) is 4.79 Å². The summed E-state index contributed by atoms with van der Waals surface area (Å²) in [4.78, 5) is 16.6. The molecule has 0 unspecified atom stereocenters. The maximum absolute atomic E-state index is 12.3. The zero-order chi connectivity index (χ0) is 13.9. The number of carbonyl (C=O) groups excluding carboxylic acids is 1. The number of benzene rings is 1. The Morgan fingerprint density at radius 2 is 2.35 bits per heavy atom. The van der Waals surface area contributed by atoms with E-state index >= 15 is 0 Å². The lowest BCUT2D eigenvalue weighted by molar-refractivity contribution is -0.120. The van der Waals surface area contributed by atoms with E-state index in [-0.39, 0.29) is 11.8 Å². The van der Waals surface area contributed by atoms with Gasteiger partial charge in [0.05, 0.1) is 17.1 Å². The van der Waals surface area contributed by atoms with Crippen LogP contribution in [-0.4, -0.2) is 24.0 Å². The Balaban J connectivity index is 1.88. The average molecular weight is 290 g/mol. The van der Waals surface area contributed by atoms with Gasteiger partial charge in [-0.25, -0.2) is 0 Å². The van der Waals surface area contributed by atoms with Gasteiger partial charge in [0.25, 0.3) is 0 Å². The number of fused-ring (bicyclic) bond motifs is 1. The molecule has 0 radical (unpaired) electrons. The molecular weight excluding hydrogens is 274 g/mol. The summed E-state index contributed by atoms with van der Waals surface area (Å²) in [6.45, 7) is 1.73. The Morgan fingerprint density at radius 1 is 1.45 bits per heavy atom. The molecule has 20 heavy (non-hydrogen) atoms. The van der Waals surface area contributed by atoms with Crippen molar-refractivity contribution in [1.82, 2.24) is 10.3 Å². The minimum absolute atomic E-state index is 0.0153. The van der Waals surface area contributed by atoms with E-state index in [1.165, 1.54) is 0 Å². The highest BCUT2D eigenvalue weighted by Gasteiger charge is 2.21. The number of nitrogens with one attached hydrogen (secondary N) is 2. The standard InChI is InChI=1S/C15H16ClN3O/c16-12-7-10-3-2-6-18-14(10)13(8-12)19-15(20)11-4-1-5-17-9-11/h2-3,6-8,11,17H,1,4-5,9H2,(H,19,20)/t11-/m0/s1. The third-order valence-electron chi connectivity index (χ3n) is 3.60. The topological polar surface area (TPSA) is 54.0 Å². The van der Waals surface area contributed by atoms with Gasteiger partial charge in [0.15, 0.2) is 0 Å². The Labute approximate surface area is 122 Å². The quantitative estimate of drug-likeness (QED) is 0.894. The molecule has 2 aromatic rings. The second-order valence-electron chi connectivity index (χ2n) is 5.06. The van der Waals surface area contributed by atoms with Gasteiger partial charge in [-0.3, -0.25) is 9.78 Å². The smallest absolute Gasteiger partial charge is 0.228 e. The zero-order valence-electron chi connectivity index (χ0n) is 11.0. The van der Waals surface area contributed by atoms with Gasteiger partial charge in [0, 0.05) is 23.2 Å². The van der Waals surface area contributed by atoms with Crippen LogP contribution in [0, 0.1) is 5.92 Å². The molecule has 1 aliphatic heterocycles. The molecule has 1 aromatic carbocycles. The van der Waals surface area contributed by atoms with E-state index in [2.05, 4.69) is 15.6 Å². The number of anilines is 1. The summed E-state index contributed by atoms with van der Waals surface area (Å²) in [7, 11) is 0. The molecule has 0 bridgehead atoms. The minimum atomic E-state index is 0.0153. The van der Waals surface area contributed by atoms with Gasteiger partial charge in [-0.1, -0.05) is 17.7 Å². The van der Waals surface area contributed by atoms with E-state index in [1.54, 1.807) is 12.3 Å². The molecule has 2 heterocycles. The molecular formula is C15H16ClN3O. The molecule has 2 N–H and O–H groups in total. The van der Waals surface area contributed by atoms with Crippen molar-refractivity contribution in [2.75, 3.05) is 18.4 Å². The first-order chi connectivity index (χ1) is 9.74. The summed E-state index contributed by atoms with van der Waals surface area (Å²) in [5, 5.41) is 7.74. The highest BCUT2D eigenvalue weighted by atomic mass is 35.5. The summed E-state index contributed by atoms with van der Waals surface area (Å²) in [6, 6.07) is 7.40. The fraction of sp³-hybridized carbons (Fsp3) is 0.333. The Bertz CT molecular complexity index is 638. The number of rotatable bonds is 2. The monoisotopic (exact) mass is 289 g/mol. The number of carbonyl (C=O) groups is 1. The molecule has 1 atom stereocenters. The molecule has 1 fully saturated rings. The number of aromatic nitrogens is 1. The second-order valence-corrected chi connectivity index (χ2v) is 5.50. The van der Waals surface area contributed by atoms with Gasteiger partial charge in [-0.15, -0.1) is 0 Å². The molecule has 1 amide bonds. The normalized spacial score (nSPS) is 18.9. The number of amides is 1. The molecule has 104 valence electrons. The number of hydrogen-bond acceptors (Lipinski definition) is 3. The lowest BCUT2D eigenvalue weighted by Gasteiger charge is -2.22. The van der Waals surface area contributed by atoms with Crippen molar-refractivity contribution in [3.05, 3.63) is 35.5 Å². The van der Waals surface area contributed by atoms with Crippen LogP contribution in [0.5, 0.6) is 0 Å². The van der Waals surface area contributed by atoms with Crippen molar-refractivity contribution in [1.29, 1.82) is 0 Å². The lowest BCUT2D eigenvalue weighted by Crippen LogP contribution is -2.37. The summed E-state index contributed by atoms with van der Waals surface area (Å²) in [5.74, 6) is 0.0490. The molecule has 5 heteroatoms. The first-order valence-corrected chi connectivity index (χ1v) is 7.18. The van der Waals surface area contributed by atoms with E-state index in [9.17, 15) is 4.79 Å². The van der Waals surface area contributed by atoms with Crippen LogP contribution < -0.4 is 10.6 Å². The molecule has 0 aliphatic carbocycles. The van der Waals surface area contributed by atoms with Crippen LogP contribution in [0.4, 0.5) is 5.69 Å². The predicted octanol–water partition coefficient (Wildman–Crippen LogP) is 2.83. The largest absolute Gasteiger partial charge is 0.324 e. The summed E-state index contributed by atoms with van der Waals surface area (Å²) in [5.41, 5.74) is 1.46. The van der Waals surface area contributed by atoms with Crippen molar-refractivity contribution in [2.24, 2.45) is 5.92 Å². The predicted molar refractivity (Wildman–Crippen MR) is 81.0 cm³/mol. The first-order valence-electron chi connectivity index (χ1n) is 6.80. The molecule has 0 saturated carbocycles. The van der Waals surface area contributed by atoms with Gasteiger partial charge < -0.3 is 10.6 Å². The first kappa shape index (κ1) is 13.3. The summed E-state index contributed by atoms with van der Waals surface area (Å²) in [6.07, 6.45) is 3.67. The van der Waals surface area contributed by atoms with Crippen LogP contribution in [0.15, 0.2) is 30.5 Å². The van der Waals surface area contributed by atoms with Crippen LogP contribution in [0.3, 0.4) is 0 Å². The van der Waals surface area contributed by atoms with Crippen molar-refractivity contribution < 1.29 is 4.79 Å². The van der Waals surface area contributed by atoms with E-state index in [0.29, 0.717) is 10.7 Å². The van der Waals surface area contributed by atoms with Crippen molar-refractivity contribution >= 4 is 34.1 Å². The van der Waals surface area contributed by atoms with Crippen LogP contribution in [0.2, 0.25) is 5.02 Å². The van der Waals surface area contributed by atoms with E-state index in [1.807, 2.05) is 18.2 Å². The fourth-order valence-electron chi connectivity index (χ4n) is 2.56. The number of piperidine rings is 1. The van der Waals surface area contributed by atoms with Crippen LogP contribution in [0.1, 0.15) is 12.8 Å². The van der Waals surface area contributed by atoms with Gasteiger partial charge in [0.2, 0.25) is 5.91 Å². The SMILES string of the molecule is O=C(Nc1cc(Cl)cc2cccnc12)[C@H]1CCCNC1. The molecule has 0 spiro atoms. The maximum Gasteiger partial charge on any atom is 0.228 e. The minimum Gasteiger partial charge on any atom is -0.324 e. The highest BCUT2D eigenvalue weighted by Crippen LogP contribution is 2.27. The second kappa shape index (κ2) is 5.77. The van der Waals surface area contributed by atoms with E-state index < -0.39 is 0 Å². The van der Waals surface area contributed by atoms with E-state index in [4.69, 9.17) is 11.6 Å². The van der Waals surface area contributed by atoms with Gasteiger partial charge in [-0.2, -0.15) is 0 Å². The Kier molecular flexibility index (Phi) is 3.85. The zero-order valence-corrected chi connectivity index (χ0v) is 11.8. The molecule has 1 aromatic heterocycles. The van der Waals surface area contributed by atoms with Crippen molar-refractivity contribution in [2.45, 2.75) is 12.8 Å². The number of pyridine rings is 1. The maximum atomic E-state index is 12.3. The summed E-state index contributed by atoms with van der Waals surface area (Å²) < 4.78 is 0.